The van der Waals surface area contributed by atoms with E-state index in [0.29, 0.717) is 22.5 Å². The lowest BCUT2D eigenvalue weighted by Crippen LogP contribution is -2.47. The number of hydrogen-bond acceptors (Lipinski definition) is 5. The topological polar surface area (TPSA) is 92.8 Å². The fourth-order valence-electron chi connectivity index (χ4n) is 3.00. The van der Waals surface area contributed by atoms with E-state index in [-0.39, 0.29) is 13.0 Å². The van der Waals surface area contributed by atoms with Crippen LogP contribution in [0.2, 0.25) is 0 Å². The zero-order valence-electron chi connectivity index (χ0n) is 17.0. The van der Waals surface area contributed by atoms with Crippen molar-refractivity contribution in [2.45, 2.75) is 33.2 Å². The van der Waals surface area contributed by atoms with Crippen molar-refractivity contribution in [3.05, 3.63) is 59.7 Å². The first-order chi connectivity index (χ1) is 13.7. The van der Waals surface area contributed by atoms with Crippen LogP contribution in [0.1, 0.15) is 36.2 Å². The number of anilines is 2. The van der Waals surface area contributed by atoms with Gasteiger partial charge in [-0.3, -0.25) is 9.10 Å². The molecule has 156 valence electrons. The second-order valence-corrected chi connectivity index (χ2v) is 8.42. The molecular formula is C21H26N2O5S. The van der Waals surface area contributed by atoms with E-state index in [0.717, 1.165) is 10.6 Å². The third-order valence-corrected chi connectivity index (χ3v) is 5.52. The molecule has 7 nitrogen and oxygen atoms in total. The Kier molecular flexibility index (Phi) is 7.39. The van der Waals surface area contributed by atoms with E-state index >= 15 is 0 Å². The van der Waals surface area contributed by atoms with Crippen LogP contribution in [0.3, 0.4) is 0 Å². The maximum Gasteiger partial charge on any atom is 0.338 e. The molecule has 0 bridgehead atoms. The van der Waals surface area contributed by atoms with Gasteiger partial charge in [-0.15, -0.1) is 0 Å². The molecule has 2 rings (SSSR count). The average molecular weight is 419 g/mol. The number of hydrogen-bond donors (Lipinski definition) is 1. The summed E-state index contributed by atoms with van der Waals surface area (Å²) in [6.45, 7) is 5.51. The molecule has 2 aromatic carbocycles. The number of nitrogens with one attached hydrogen (secondary N) is 1. The highest BCUT2D eigenvalue weighted by atomic mass is 32.2. The maximum absolute atomic E-state index is 13.0. The number of amides is 1. The second kappa shape index (κ2) is 9.56. The molecule has 1 N–H and O–H groups in total. The second-order valence-electron chi connectivity index (χ2n) is 6.56. The third kappa shape index (κ3) is 5.57. The van der Waals surface area contributed by atoms with Crippen molar-refractivity contribution in [2.75, 3.05) is 22.5 Å². The Bertz CT molecular complexity index is 974. The fraction of sp³-hybridized carbons (Fsp3) is 0.333. The summed E-state index contributed by atoms with van der Waals surface area (Å²) in [7, 11) is -3.69. The number of nitrogens with zero attached hydrogens (tertiary/aromatic N) is 1. The van der Waals surface area contributed by atoms with Crippen molar-refractivity contribution < 1.29 is 22.7 Å². The van der Waals surface area contributed by atoms with E-state index in [2.05, 4.69) is 5.32 Å². The predicted molar refractivity (Wildman–Crippen MR) is 114 cm³/mol. The minimum absolute atomic E-state index is 0.273. The number of rotatable bonds is 8. The van der Waals surface area contributed by atoms with Crippen LogP contribution in [0.25, 0.3) is 0 Å². The van der Waals surface area contributed by atoms with E-state index in [1.54, 1.807) is 69.3 Å². The summed E-state index contributed by atoms with van der Waals surface area (Å²) in [6, 6.07) is 12.4. The van der Waals surface area contributed by atoms with Gasteiger partial charge in [0.2, 0.25) is 15.9 Å². The number of carbonyl (C=O) groups is 2. The smallest absolute Gasteiger partial charge is 0.338 e. The summed E-state index contributed by atoms with van der Waals surface area (Å²) in [5.74, 6) is -0.888. The Morgan fingerprint density at radius 2 is 1.76 bits per heavy atom. The highest BCUT2D eigenvalue weighted by Gasteiger charge is 2.31. The molecule has 29 heavy (non-hydrogen) atoms. The summed E-state index contributed by atoms with van der Waals surface area (Å²) in [5.41, 5.74) is 1.98. The number of aryl methyl sites for hydroxylation is 1. The van der Waals surface area contributed by atoms with E-state index in [1.165, 1.54) is 0 Å². The van der Waals surface area contributed by atoms with Gasteiger partial charge in [0.05, 0.1) is 24.1 Å². The van der Waals surface area contributed by atoms with Gasteiger partial charge in [0.25, 0.3) is 0 Å². The standard InChI is InChI=1S/C21H26N2O5S/c1-5-19(23(29(4,26)27)17-10-8-7-9-11-17)20(24)22-18-13-12-16(14-15(18)3)21(25)28-6-2/h7-14,19H,5-6H2,1-4H3,(H,22,24)/t19-/m1/s1. The van der Waals surface area contributed by atoms with Gasteiger partial charge >= 0.3 is 5.97 Å². The number of sulfonamides is 1. The minimum atomic E-state index is -3.69. The van der Waals surface area contributed by atoms with E-state index in [4.69, 9.17) is 4.74 Å². The number of ether oxygens (including phenoxy) is 1. The molecular weight excluding hydrogens is 392 g/mol. The molecule has 0 saturated carbocycles. The number of esters is 1. The normalized spacial score (nSPS) is 12.1. The summed E-state index contributed by atoms with van der Waals surface area (Å²) >= 11 is 0. The van der Waals surface area contributed by atoms with Crippen LogP contribution in [0.5, 0.6) is 0 Å². The molecule has 0 spiro atoms. The molecule has 0 aliphatic rings. The van der Waals surface area contributed by atoms with Crippen molar-refractivity contribution in [3.63, 3.8) is 0 Å². The molecule has 0 aliphatic carbocycles. The van der Waals surface area contributed by atoms with Crippen LogP contribution < -0.4 is 9.62 Å². The quantitative estimate of drug-likeness (QED) is 0.664. The van der Waals surface area contributed by atoms with Crippen LogP contribution in [0, 0.1) is 6.92 Å². The summed E-state index contributed by atoms with van der Waals surface area (Å²) < 4.78 is 31.0. The Hall–Kier alpha value is -2.87. The third-order valence-electron chi connectivity index (χ3n) is 4.34. The molecule has 8 heteroatoms. The lowest BCUT2D eigenvalue weighted by atomic mass is 10.1. The summed E-state index contributed by atoms with van der Waals surface area (Å²) in [5, 5.41) is 2.78. The van der Waals surface area contributed by atoms with Crippen molar-refractivity contribution >= 4 is 33.3 Å². The lowest BCUT2D eigenvalue weighted by molar-refractivity contribution is -0.117. The monoisotopic (exact) mass is 418 g/mol. The molecule has 0 heterocycles. The van der Waals surface area contributed by atoms with E-state index in [9.17, 15) is 18.0 Å². The molecule has 0 radical (unpaired) electrons. The Morgan fingerprint density at radius 1 is 1.10 bits per heavy atom. The lowest BCUT2D eigenvalue weighted by Gasteiger charge is -2.30. The maximum atomic E-state index is 13.0. The predicted octanol–water partition coefficient (Wildman–Crippen LogP) is 3.36. The van der Waals surface area contributed by atoms with Crippen LogP contribution >= 0.6 is 0 Å². The SMILES string of the molecule is CCOC(=O)c1ccc(NC(=O)[C@@H](CC)N(c2ccccc2)S(C)(=O)=O)c(C)c1. The van der Waals surface area contributed by atoms with Crippen molar-refractivity contribution in [1.29, 1.82) is 0 Å². The Morgan fingerprint density at radius 3 is 2.28 bits per heavy atom. The largest absolute Gasteiger partial charge is 0.462 e. The van der Waals surface area contributed by atoms with Crippen LogP contribution in [-0.2, 0) is 19.6 Å². The van der Waals surface area contributed by atoms with E-state index in [1.807, 2.05) is 0 Å². The van der Waals surface area contributed by atoms with Gasteiger partial charge in [-0.2, -0.15) is 0 Å². The molecule has 0 saturated heterocycles. The first-order valence-corrected chi connectivity index (χ1v) is 11.2. The van der Waals surface area contributed by atoms with Crippen molar-refractivity contribution in [1.82, 2.24) is 0 Å². The van der Waals surface area contributed by atoms with Gasteiger partial charge in [-0.25, -0.2) is 13.2 Å². The Balaban J connectivity index is 2.30. The summed E-state index contributed by atoms with van der Waals surface area (Å²) in [4.78, 5) is 24.8. The van der Waals surface area contributed by atoms with Crippen molar-refractivity contribution in [3.8, 4) is 0 Å². The highest BCUT2D eigenvalue weighted by molar-refractivity contribution is 7.92. The molecule has 1 amide bonds. The van der Waals surface area contributed by atoms with Crippen LogP contribution in [-0.4, -0.2) is 39.2 Å². The average Bonchev–Trinajstić information content (AvgIpc) is 2.67. The zero-order valence-corrected chi connectivity index (χ0v) is 17.8. The van der Waals surface area contributed by atoms with Crippen LogP contribution in [0.15, 0.2) is 48.5 Å². The molecule has 0 aliphatic heterocycles. The van der Waals surface area contributed by atoms with Gasteiger partial charge in [-0.1, -0.05) is 25.1 Å². The van der Waals surface area contributed by atoms with Gasteiger partial charge in [0, 0.05) is 5.69 Å². The number of para-hydroxylation sites is 1. The molecule has 0 fully saturated rings. The highest BCUT2D eigenvalue weighted by Crippen LogP contribution is 2.24. The van der Waals surface area contributed by atoms with Gasteiger partial charge in [-0.05, 0) is 56.2 Å². The number of carbonyl (C=O) groups excluding carboxylic acids is 2. The molecule has 0 unspecified atom stereocenters. The van der Waals surface area contributed by atoms with Gasteiger partial charge < -0.3 is 10.1 Å². The van der Waals surface area contributed by atoms with Gasteiger partial charge in [0.1, 0.15) is 6.04 Å². The van der Waals surface area contributed by atoms with Crippen molar-refractivity contribution in [2.24, 2.45) is 0 Å². The molecule has 2 aromatic rings. The molecule has 1 atom stereocenters. The first kappa shape index (κ1) is 22.4. The Labute approximate surface area is 171 Å². The van der Waals surface area contributed by atoms with E-state index < -0.39 is 27.9 Å². The van der Waals surface area contributed by atoms with Gasteiger partial charge in [0.15, 0.2) is 0 Å². The number of benzene rings is 2. The minimum Gasteiger partial charge on any atom is -0.462 e. The zero-order chi connectivity index (χ0) is 21.6. The van der Waals surface area contributed by atoms with Crippen LogP contribution in [0.4, 0.5) is 11.4 Å². The molecule has 0 aromatic heterocycles. The fourth-order valence-corrected chi connectivity index (χ4v) is 4.21. The summed E-state index contributed by atoms with van der Waals surface area (Å²) in [6.07, 6.45) is 1.36. The first-order valence-electron chi connectivity index (χ1n) is 9.32.